The van der Waals surface area contributed by atoms with E-state index in [9.17, 15) is 10.1 Å². The Balaban J connectivity index is 1.47. The molecule has 0 unspecified atom stereocenters. The maximum absolute atomic E-state index is 12.7. The van der Waals surface area contributed by atoms with Gasteiger partial charge in [0.05, 0.1) is 12.0 Å². The third-order valence-corrected chi connectivity index (χ3v) is 6.73. The highest BCUT2D eigenvalue weighted by Crippen LogP contribution is 2.37. The predicted molar refractivity (Wildman–Crippen MR) is 122 cm³/mol. The van der Waals surface area contributed by atoms with Crippen LogP contribution in [-0.4, -0.2) is 17.4 Å². The number of nitrogens with zero attached hydrogens (tertiary/aromatic N) is 2. The summed E-state index contributed by atoms with van der Waals surface area (Å²) in [4.78, 5) is 16.3. The first-order valence-corrected chi connectivity index (χ1v) is 11.0. The van der Waals surface area contributed by atoms with Gasteiger partial charge in [0.25, 0.3) is 0 Å². The molecule has 0 fully saturated rings. The van der Waals surface area contributed by atoms with Gasteiger partial charge in [-0.3, -0.25) is 9.69 Å². The first-order chi connectivity index (χ1) is 14.5. The van der Waals surface area contributed by atoms with E-state index in [0.29, 0.717) is 17.0 Å². The minimum absolute atomic E-state index is 0.0711. The number of amides is 1. The molecule has 0 atom stereocenters. The van der Waals surface area contributed by atoms with Gasteiger partial charge in [0.15, 0.2) is 0 Å². The maximum Gasteiger partial charge on any atom is 0.229 e. The Morgan fingerprint density at radius 3 is 2.73 bits per heavy atom. The third kappa shape index (κ3) is 4.46. The van der Waals surface area contributed by atoms with Crippen LogP contribution in [0.5, 0.6) is 0 Å². The van der Waals surface area contributed by atoms with Gasteiger partial charge in [0, 0.05) is 24.5 Å². The van der Waals surface area contributed by atoms with E-state index in [4.69, 9.17) is 0 Å². The van der Waals surface area contributed by atoms with Gasteiger partial charge >= 0.3 is 0 Å². The second-order valence-corrected chi connectivity index (χ2v) is 9.03. The molecule has 1 N–H and O–H groups in total. The molecule has 1 aromatic heterocycles. The number of fused-ring (bicyclic) bond motifs is 1. The van der Waals surface area contributed by atoms with Crippen molar-refractivity contribution >= 4 is 22.2 Å². The average molecular weight is 416 g/mol. The maximum atomic E-state index is 12.7. The Labute approximate surface area is 181 Å². The molecule has 2 aromatic carbocycles. The molecular formula is C25H25N3OS. The van der Waals surface area contributed by atoms with Crippen molar-refractivity contribution in [3.63, 3.8) is 0 Å². The van der Waals surface area contributed by atoms with Gasteiger partial charge in [-0.25, -0.2) is 0 Å². The van der Waals surface area contributed by atoms with Crippen molar-refractivity contribution in [2.24, 2.45) is 0 Å². The lowest BCUT2D eigenvalue weighted by atomic mass is 10.0. The summed E-state index contributed by atoms with van der Waals surface area (Å²) >= 11 is 1.55. The van der Waals surface area contributed by atoms with Gasteiger partial charge in [0.1, 0.15) is 11.1 Å². The zero-order valence-corrected chi connectivity index (χ0v) is 18.2. The molecule has 1 aliphatic rings. The molecular weight excluding hydrogens is 390 g/mol. The number of aryl methyl sites for hydroxylation is 2. The van der Waals surface area contributed by atoms with E-state index in [1.165, 1.54) is 16.0 Å². The number of benzene rings is 2. The minimum Gasteiger partial charge on any atom is -0.316 e. The van der Waals surface area contributed by atoms with E-state index >= 15 is 0 Å². The lowest BCUT2D eigenvalue weighted by Crippen LogP contribution is -2.29. The number of hydrogen-bond donors (Lipinski definition) is 1. The lowest BCUT2D eigenvalue weighted by Gasteiger charge is -2.26. The molecule has 30 heavy (non-hydrogen) atoms. The van der Waals surface area contributed by atoms with Crippen LogP contribution in [0.1, 0.15) is 38.3 Å². The summed E-state index contributed by atoms with van der Waals surface area (Å²) in [5.41, 5.74) is 6.37. The van der Waals surface area contributed by atoms with E-state index < -0.39 is 0 Å². The summed E-state index contributed by atoms with van der Waals surface area (Å²) in [6, 6.07) is 18.9. The molecule has 0 aliphatic carbocycles. The fourth-order valence-electron chi connectivity index (χ4n) is 4.03. The smallest absolute Gasteiger partial charge is 0.229 e. The molecule has 0 spiro atoms. The molecule has 3 aromatic rings. The number of nitrogens with one attached hydrogen (secondary N) is 1. The van der Waals surface area contributed by atoms with Crippen molar-refractivity contribution in [1.82, 2.24) is 4.90 Å². The number of anilines is 1. The van der Waals surface area contributed by atoms with E-state index in [1.807, 2.05) is 32.0 Å². The molecule has 1 aliphatic heterocycles. The summed E-state index contributed by atoms with van der Waals surface area (Å²) in [5.74, 6) is -0.0711. The Hall–Kier alpha value is -2.94. The van der Waals surface area contributed by atoms with Gasteiger partial charge in [-0.15, -0.1) is 11.3 Å². The fourth-order valence-corrected chi connectivity index (χ4v) is 5.28. The van der Waals surface area contributed by atoms with Crippen LogP contribution in [-0.2, 0) is 30.7 Å². The van der Waals surface area contributed by atoms with Crippen LogP contribution in [0.25, 0.3) is 0 Å². The van der Waals surface area contributed by atoms with Crippen molar-refractivity contribution in [3.8, 4) is 6.07 Å². The Kier molecular flexibility index (Phi) is 5.98. The summed E-state index contributed by atoms with van der Waals surface area (Å²) < 4.78 is 0. The van der Waals surface area contributed by atoms with Crippen molar-refractivity contribution in [2.75, 3.05) is 11.9 Å². The number of nitriles is 1. The van der Waals surface area contributed by atoms with E-state index in [0.717, 1.165) is 42.7 Å². The molecule has 1 amide bonds. The number of carbonyl (C=O) groups is 1. The normalized spacial score (nSPS) is 13.5. The van der Waals surface area contributed by atoms with Gasteiger partial charge in [-0.1, -0.05) is 54.1 Å². The molecule has 2 heterocycles. The van der Waals surface area contributed by atoms with Crippen molar-refractivity contribution in [1.29, 1.82) is 5.26 Å². The monoisotopic (exact) mass is 415 g/mol. The topological polar surface area (TPSA) is 56.1 Å². The van der Waals surface area contributed by atoms with Crippen LogP contribution in [0.4, 0.5) is 5.00 Å². The molecule has 0 radical (unpaired) electrons. The predicted octanol–water partition coefficient (Wildman–Crippen LogP) is 4.98. The van der Waals surface area contributed by atoms with Crippen LogP contribution in [0.2, 0.25) is 0 Å². The molecule has 0 saturated carbocycles. The zero-order chi connectivity index (χ0) is 21.1. The van der Waals surface area contributed by atoms with E-state index in [2.05, 4.69) is 46.6 Å². The highest BCUT2D eigenvalue weighted by atomic mass is 32.1. The summed E-state index contributed by atoms with van der Waals surface area (Å²) in [6.07, 6.45) is 1.16. The first kappa shape index (κ1) is 20.3. The largest absolute Gasteiger partial charge is 0.316 e. The van der Waals surface area contributed by atoms with Gasteiger partial charge in [-0.05, 0) is 42.5 Å². The number of thiophene rings is 1. The van der Waals surface area contributed by atoms with E-state index in [1.54, 1.807) is 11.3 Å². The molecule has 152 valence electrons. The zero-order valence-electron chi connectivity index (χ0n) is 17.4. The van der Waals surface area contributed by atoms with Crippen LogP contribution >= 0.6 is 11.3 Å². The Bertz CT molecular complexity index is 1110. The van der Waals surface area contributed by atoms with Crippen molar-refractivity contribution < 1.29 is 4.79 Å². The van der Waals surface area contributed by atoms with Gasteiger partial charge < -0.3 is 5.32 Å². The van der Waals surface area contributed by atoms with Crippen LogP contribution in [0.3, 0.4) is 0 Å². The Morgan fingerprint density at radius 2 is 2.00 bits per heavy atom. The van der Waals surface area contributed by atoms with Crippen LogP contribution in [0.15, 0.2) is 48.5 Å². The molecule has 5 heteroatoms. The van der Waals surface area contributed by atoms with Crippen molar-refractivity contribution in [3.05, 3.63) is 86.8 Å². The van der Waals surface area contributed by atoms with Crippen LogP contribution in [0, 0.1) is 25.2 Å². The molecule has 0 bridgehead atoms. The van der Waals surface area contributed by atoms with E-state index in [-0.39, 0.29) is 5.91 Å². The minimum atomic E-state index is -0.0711. The third-order valence-electron chi connectivity index (χ3n) is 5.60. The number of rotatable bonds is 5. The number of carbonyl (C=O) groups excluding carboxylic acids is 1. The Morgan fingerprint density at radius 1 is 1.20 bits per heavy atom. The summed E-state index contributed by atoms with van der Waals surface area (Å²) in [5, 5.41) is 13.4. The average Bonchev–Trinajstić information content (AvgIpc) is 3.07. The van der Waals surface area contributed by atoms with Crippen LogP contribution < -0.4 is 5.32 Å². The fraction of sp³-hybridized carbons (Fsp3) is 0.280. The second-order valence-electron chi connectivity index (χ2n) is 7.92. The van der Waals surface area contributed by atoms with Gasteiger partial charge in [0.2, 0.25) is 5.91 Å². The summed E-state index contributed by atoms with van der Waals surface area (Å²) in [7, 11) is 0. The van der Waals surface area contributed by atoms with Crippen molar-refractivity contribution in [2.45, 2.75) is 39.8 Å². The summed E-state index contributed by atoms with van der Waals surface area (Å²) in [6.45, 7) is 6.71. The number of hydrogen-bond acceptors (Lipinski definition) is 4. The highest BCUT2D eigenvalue weighted by Gasteiger charge is 2.25. The first-order valence-electron chi connectivity index (χ1n) is 10.2. The van der Waals surface area contributed by atoms with Gasteiger partial charge in [-0.2, -0.15) is 5.26 Å². The standard InChI is InChI=1S/C25H25N3OS/c1-17-8-9-20(18(2)12-17)13-24(29)27-25-22(14-26)21-10-11-28(16-23(21)30-25)15-19-6-4-3-5-7-19/h3-9,12H,10-11,13,15-16H2,1-2H3,(H,27,29). The molecule has 0 saturated heterocycles. The lowest BCUT2D eigenvalue weighted by molar-refractivity contribution is -0.115. The molecule has 4 rings (SSSR count). The highest BCUT2D eigenvalue weighted by molar-refractivity contribution is 7.16. The quantitative estimate of drug-likeness (QED) is 0.640. The molecule has 4 nitrogen and oxygen atoms in total. The SMILES string of the molecule is Cc1ccc(CC(=O)Nc2sc3c(c2C#N)CCN(Cc2ccccc2)C3)c(C)c1. The second kappa shape index (κ2) is 8.83.